The van der Waals surface area contributed by atoms with Gasteiger partial charge in [0.1, 0.15) is 0 Å². The number of esters is 1. The van der Waals surface area contributed by atoms with Gasteiger partial charge in [0.25, 0.3) is 0 Å². The van der Waals surface area contributed by atoms with E-state index < -0.39 is 18.0 Å². The Hall–Kier alpha value is -1.75. The average Bonchev–Trinajstić information content (AvgIpc) is 2.28. The van der Waals surface area contributed by atoms with Gasteiger partial charge >= 0.3 is 11.9 Å². The van der Waals surface area contributed by atoms with Crippen LogP contribution in [-0.2, 0) is 9.53 Å². The van der Waals surface area contributed by atoms with Crippen LogP contribution >= 0.6 is 11.6 Å². The van der Waals surface area contributed by atoms with Gasteiger partial charge in [-0.25, -0.2) is 9.59 Å². The lowest BCUT2D eigenvalue weighted by molar-refractivity contribution is -0.147. The van der Waals surface area contributed by atoms with E-state index in [1.807, 2.05) is 0 Å². The molecule has 1 aromatic carbocycles. The van der Waals surface area contributed by atoms with Gasteiger partial charge in [-0.15, -0.1) is 0 Å². The maximum absolute atomic E-state index is 11.7. The number of nitrogens with two attached hydrogens (primary N) is 1. The number of aliphatic carboxylic acids is 1. The van der Waals surface area contributed by atoms with Gasteiger partial charge in [-0.3, -0.25) is 0 Å². The van der Waals surface area contributed by atoms with Crippen LogP contribution in [0.15, 0.2) is 18.2 Å². The van der Waals surface area contributed by atoms with E-state index in [2.05, 4.69) is 0 Å². The Morgan fingerprint density at radius 2 is 2.18 bits per heavy atom. The molecule has 0 fully saturated rings. The van der Waals surface area contributed by atoms with Crippen molar-refractivity contribution in [2.75, 3.05) is 5.73 Å². The zero-order valence-corrected chi connectivity index (χ0v) is 9.90. The minimum absolute atomic E-state index is 0.0615. The SMILES string of the molecule is CCC(OC(=O)c1cc(N)ccc1Cl)C(=O)O. The number of carbonyl (C=O) groups is 2. The van der Waals surface area contributed by atoms with E-state index >= 15 is 0 Å². The normalized spacial score (nSPS) is 11.9. The number of hydrogen-bond donors (Lipinski definition) is 2. The van der Waals surface area contributed by atoms with E-state index in [0.717, 1.165) is 0 Å². The molecule has 1 aromatic rings. The zero-order chi connectivity index (χ0) is 13.0. The van der Waals surface area contributed by atoms with E-state index in [-0.39, 0.29) is 17.0 Å². The summed E-state index contributed by atoms with van der Waals surface area (Å²) in [6.07, 6.45) is -0.999. The molecule has 0 heterocycles. The number of nitrogen functional groups attached to an aromatic ring is 1. The molecule has 0 aliphatic rings. The number of anilines is 1. The smallest absolute Gasteiger partial charge is 0.345 e. The van der Waals surface area contributed by atoms with E-state index in [4.69, 9.17) is 27.2 Å². The molecule has 1 rings (SSSR count). The number of halogens is 1. The number of carboxylic acids is 1. The summed E-state index contributed by atoms with van der Waals surface area (Å²) in [5.41, 5.74) is 5.92. The lowest BCUT2D eigenvalue weighted by Crippen LogP contribution is -2.26. The second-order valence-corrected chi connectivity index (χ2v) is 3.79. The molecule has 0 aromatic heterocycles. The van der Waals surface area contributed by atoms with Gasteiger partial charge in [-0.2, -0.15) is 0 Å². The topological polar surface area (TPSA) is 89.6 Å². The van der Waals surface area contributed by atoms with Crippen LogP contribution in [0.5, 0.6) is 0 Å². The van der Waals surface area contributed by atoms with Crippen molar-refractivity contribution in [3.05, 3.63) is 28.8 Å². The fraction of sp³-hybridized carbons (Fsp3) is 0.273. The van der Waals surface area contributed by atoms with Crippen molar-refractivity contribution in [3.63, 3.8) is 0 Å². The lowest BCUT2D eigenvalue weighted by Gasteiger charge is -2.12. The maximum atomic E-state index is 11.7. The highest BCUT2D eigenvalue weighted by atomic mass is 35.5. The van der Waals surface area contributed by atoms with Gasteiger partial charge in [0.2, 0.25) is 0 Å². The van der Waals surface area contributed by atoms with Crippen LogP contribution in [0.3, 0.4) is 0 Å². The van der Waals surface area contributed by atoms with Gasteiger partial charge in [-0.05, 0) is 24.6 Å². The molecular weight excluding hydrogens is 246 g/mol. The first kappa shape index (κ1) is 13.3. The third kappa shape index (κ3) is 3.35. The van der Waals surface area contributed by atoms with Gasteiger partial charge in [0.05, 0.1) is 10.6 Å². The Kier molecular flexibility index (Phi) is 4.34. The molecule has 0 saturated heterocycles. The van der Waals surface area contributed by atoms with Crippen LogP contribution in [-0.4, -0.2) is 23.1 Å². The van der Waals surface area contributed by atoms with Crippen LogP contribution in [0.25, 0.3) is 0 Å². The van der Waals surface area contributed by atoms with E-state index in [1.165, 1.54) is 18.2 Å². The standard InChI is InChI=1S/C11H12ClNO4/c1-2-9(10(14)15)17-11(16)7-5-6(13)3-4-8(7)12/h3-5,9H,2,13H2,1H3,(H,14,15). The molecule has 0 saturated carbocycles. The number of benzene rings is 1. The molecule has 0 radical (unpaired) electrons. The maximum Gasteiger partial charge on any atom is 0.345 e. The molecule has 3 N–H and O–H groups in total. The molecule has 92 valence electrons. The minimum atomic E-state index is -1.19. The van der Waals surface area contributed by atoms with Gasteiger partial charge in [0.15, 0.2) is 6.10 Å². The predicted molar refractivity (Wildman–Crippen MR) is 63.0 cm³/mol. The van der Waals surface area contributed by atoms with Crippen molar-refractivity contribution in [2.24, 2.45) is 0 Å². The molecule has 17 heavy (non-hydrogen) atoms. The molecular formula is C11H12ClNO4. The molecule has 0 aliphatic carbocycles. The van der Waals surface area contributed by atoms with Crippen molar-refractivity contribution in [2.45, 2.75) is 19.4 Å². The highest BCUT2D eigenvalue weighted by molar-refractivity contribution is 6.33. The average molecular weight is 258 g/mol. The number of carboxylic acid groups (broad SMARTS) is 1. The number of carbonyl (C=O) groups excluding carboxylic acids is 1. The van der Waals surface area contributed by atoms with Crippen LogP contribution in [0.2, 0.25) is 5.02 Å². The largest absolute Gasteiger partial charge is 0.479 e. The first-order valence-electron chi connectivity index (χ1n) is 4.94. The van der Waals surface area contributed by atoms with Crippen molar-refractivity contribution in [1.29, 1.82) is 0 Å². The molecule has 1 atom stereocenters. The van der Waals surface area contributed by atoms with Crippen molar-refractivity contribution in [1.82, 2.24) is 0 Å². The Labute approximate surface area is 103 Å². The first-order valence-corrected chi connectivity index (χ1v) is 5.32. The van der Waals surface area contributed by atoms with E-state index in [1.54, 1.807) is 6.92 Å². The fourth-order valence-electron chi connectivity index (χ4n) is 1.20. The molecule has 1 unspecified atom stereocenters. The Morgan fingerprint density at radius 1 is 1.53 bits per heavy atom. The van der Waals surface area contributed by atoms with E-state index in [9.17, 15) is 9.59 Å². The summed E-state index contributed by atoms with van der Waals surface area (Å²) < 4.78 is 4.80. The third-order valence-electron chi connectivity index (χ3n) is 2.11. The third-order valence-corrected chi connectivity index (χ3v) is 2.44. The zero-order valence-electron chi connectivity index (χ0n) is 9.14. The van der Waals surface area contributed by atoms with Gasteiger partial charge < -0.3 is 15.6 Å². The van der Waals surface area contributed by atoms with Crippen LogP contribution in [0.1, 0.15) is 23.7 Å². The van der Waals surface area contributed by atoms with Crippen molar-refractivity contribution < 1.29 is 19.4 Å². The van der Waals surface area contributed by atoms with Crippen molar-refractivity contribution in [3.8, 4) is 0 Å². The summed E-state index contributed by atoms with van der Waals surface area (Å²) in [4.78, 5) is 22.4. The summed E-state index contributed by atoms with van der Waals surface area (Å²) in [5, 5.41) is 8.93. The molecule has 6 heteroatoms. The Bertz CT molecular complexity index is 447. The van der Waals surface area contributed by atoms with Crippen LogP contribution in [0.4, 0.5) is 5.69 Å². The summed E-state index contributed by atoms with van der Waals surface area (Å²) in [5.74, 6) is -1.99. The number of hydrogen-bond acceptors (Lipinski definition) is 4. The highest BCUT2D eigenvalue weighted by Gasteiger charge is 2.22. The summed E-state index contributed by atoms with van der Waals surface area (Å²) in [6.45, 7) is 1.60. The number of rotatable bonds is 4. The summed E-state index contributed by atoms with van der Waals surface area (Å²) in [7, 11) is 0. The van der Waals surface area contributed by atoms with Gasteiger partial charge in [-0.1, -0.05) is 18.5 Å². The minimum Gasteiger partial charge on any atom is -0.479 e. The van der Waals surface area contributed by atoms with Crippen LogP contribution < -0.4 is 5.73 Å². The molecule has 0 bridgehead atoms. The quantitative estimate of drug-likeness (QED) is 0.635. The van der Waals surface area contributed by atoms with Crippen LogP contribution in [0, 0.1) is 0 Å². The second-order valence-electron chi connectivity index (χ2n) is 3.38. The highest BCUT2D eigenvalue weighted by Crippen LogP contribution is 2.20. The van der Waals surface area contributed by atoms with E-state index in [0.29, 0.717) is 5.69 Å². The second kappa shape index (κ2) is 5.54. The molecule has 5 nitrogen and oxygen atoms in total. The monoisotopic (exact) mass is 257 g/mol. The predicted octanol–water partition coefficient (Wildman–Crippen LogP) is 1.94. The fourth-order valence-corrected chi connectivity index (χ4v) is 1.40. The number of ether oxygens (including phenoxy) is 1. The van der Waals surface area contributed by atoms with Gasteiger partial charge in [0, 0.05) is 5.69 Å². The Morgan fingerprint density at radius 3 is 2.71 bits per heavy atom. The molecule has 0 aliphatic heterocycles. The van der Waals surface area contributed by atoms with Crippen molar-refractivity contribution >= 4 is 29.2 Å². The molecule has 0 spiro atoms. The first-order chi connectivity index (χ1) is 7.95. The lowest BCUT2D eigenvalue weighted by atomic mass is 10.2. The Balaban J connectivity index is 2.89. The summed E-state index contributed by atoms with van der Waals surface area (Å²) >= 11 is 5.79. The molecule has 0 amide bonds. The summed E-state index contributed by atoms with van der Waals surface area (Å²) in [6, 6.07) is 4.34.